The molecule has 4 aliphatic rings. The Morgan fingerprint density at radius 3 is 2.76 bits per heavy atom. The van der Waals surface area contributed by atoms with E-state index >= 15 is 0 Å². The van der Waals surface area contributed by atoms with Gasteiger partial charge in [-0.1, -0.05) is 6.07 Å². The zero-order valence-electron chi connectivity index (χ0n) is 14.3. The summed E-state index contributed by atoms with van der Waals surface area (Å²) in [6, 6.07) is 3.69. The van der Waals surface area contributed by atoms with Crippen molar-refractivity contribution in [2.24, 2.45) is 11.8 Å². The summed E-state index contributed by atoms with van der Waals surface area (Å²) >= 11 is 1.16. The molecule has 1 amide bonds. The predicted octanol–water partition coefficient (Wildman–Crippen LogP) is 1.36. The quantitative estimate of drug-likeness (QED) is 0.805. The number of fused-ring (bicyclic) bond motifs is 4. The summed E-state index contributed by atoms with van der Waals surface area (Å²) in [6.45, 7) is 3.61. The fraction of sp³-hybridized carbons (Fsp3) is 0.706. The Morgan fingerprint density at radius 1 is 1.20 bits per heavy atom. The van der Waals surface area contributed by atoms with Gasteiger partial charge in [-0.15, -0.1) is 11.3 Å². The summed E-state index contributed by atoms with van der Waals surface area (Å²) in [5.41, 5.74) is 0. The normalized spacial score (nSPS) is 27.4. The van der Waals surface area contributed by atoms with Crippen molar-refractivity contribution >= 4 is 27.3 Å². The van der Waals surface area contributed by atoms with Gasteiger partial charge >= 0.3 is 0 Å². The molecule has 0 spiro atoms. The van der Waals surface area contributed by atoms with Crippen molar-refractivity contribution in [2.45, 2.75) is 35.9 Å². The van der Waals surface area contributed by atoms with Crippen molar-refractivity contribution < 1.29 is 13.2 Å². The molecule has 4 heterocycles. The summed E-state index contributed by atoms with van der Waals surface area (Å²) in [7, 11) is -3.58. The van der Waals surface area contributed by atoms with Gasteiger partial charge in [-0.05, 0) is 49.0 Å². The third-order valence-corrected chi connectivity index (χ3v) is 8.34. The SMILES string of the molecule is O=C(CNS(=O)(=O)c1cccs1)N1C[C@@H]2CC[C@H](C1)N(CC1CC1)C2. The highest BCUT2D eigenvalue weighted by Crippen LogP contribution is 2.34. The minimum Gasteiger partial charge on any atom is -0.340 e. The largest absolute Gasteiger partial charge is 0.340 e. The Hall–Kier alpha value is -0.960. The van der Waals surface area contributed by atoms with Gasteiger partial charge in [0.2, 0.25) is 5.91 Å². The van der Waals surface area contributed by atoms with Crippen LogP contribution in [0.25, 0.3) is 0 Å². The molecule has 1 saturated carbocycles. The Balaban J connectivity index is 1.36. The maximum atomic E-state index is 12.6. The lowest BCUT2D eigenvalue weighted by Crippen LogP contribution is -2.46. The summed E-state index contributed by atoms with van der Waals surface area (Å²) in [6.07, 6.45) is 5.03. The Labute approximate surface area is 153 Å². The third-order valence-electron chi connectivity index (χ3n) is 5.54. The van der Waals surface area contributed by atoms with Gasteiger partial charge in [-0.25, -0.2) is 13.1 Å². The number of hydrogen-bond donors (Lipinski definition) is 1. The van der Waals surface area contributed by atoms with Crippen LogP contribution >= 0.6 is 11.3 Å². The smallest absolute Gasteiger partial charge is 0.250 e. The molecule has 25 heavy (non-hydrogen) atoms. The van der Waals surface area contributed by atoms with Crippen LogP contribution in [0.3, 0.4) is 0 Å². The van der Waals surface area contributed by atoms with Crippen molar-refractivity contribution in [1.29, 1.82) is 0 Å². The number of carbonyl (C=O) groups excluding carboxylic acids is 1. The van der Waals surface area contributed by atoms with Gasteiger partial charge in [0.1, 0.15) is 4.21 Å². The van der Waals surface area contributed by atoms with Crippen molar-refractivity contribution in [1.82, 2.24) is 14.5 Å². The van der Waals surface area contributed by atoms with Crippen LogP contribution < -0.4 is 4.72 Å². The number of sulfonamides is 1. The van der Waals surface area contributed by atoms with E-state index in [1.165, 1.54) is 25.8 Å². The van der Waals surface area contributed by atoms with E-state index in [4.69, 9.17) is 0 Å². The Morgan fingerprint density at radius 2 is 2.04 bits per heavy atom. The van der Waals surface area contributed by atoms with Crippen LogP contribution in [0.15, 0.2) is 21.7 Å². The molecule has 3 saturated heterocycles. The van der Waals surface area contributed by atoms with E-state index in [1.807, 2.05) is 4.90 Å². The highest BCUT2D eigenvalue weighted by atomic mass is 32.2. The predicted molar refractivity (Wildman–Crippen MR) is 96.9 cm³/mol. The molecule has 2 bridgehead atoms. The maximum absolute atomic E-state index is 12.6. The maximum Gasteiger partial charge on any atom is 0.250 e. The number of carbonyl (C=O) groups is 1. The van der Waals surface area contributed by atoms with Crippen molar-refractivity contribution in [3.8, 4) is 0 Å². The molecular formula is C17H25N3O3S2. The molecule has 1 N–H and O–H groups in total. The summed E-state index contributed by atoms with van der Waals surface area (Å²) < 4.78 is 27.1. The first-order chi connectivity index (χ1) is 12.0. The molecule has 0 unspecified atom stereocenters. The molecule has 0 radical (unpaired) electrons. The van der Waals surface area contributed by atoms with E-state index in [-0.39, 0.29) is 16.7 Å². The second-order valence-electron chi connectivity index (χ2n) is 7.55. The fourth-order valence-electron chi connectivity index (χ4n) is 3.99. The number of amides is 1. The number of hydrogen-bond acceptors (Lipinski definition) is 5. The van der Waals surface area contributed by atoms with Crippen LogP contribution in [0.5, 0.6) is 0 Å². The number of piperidine rings is 1. The van der Waals surface area contributed by atoms with Crippen LogP contribution in [-0.4, -0.2) is 62.9 Å². The average Bonchev–Trinajstić information content (AvgIpc) is 3.31. The van der Waals surface area contributed by atoms with E-state index < -0.39 is 10.0 Å². The molecule has 2 atom stereocenters. The Kier molecular flexibility index (Phi) is 4.87. The second-order valence-corrected chi connectivity index (χ2v) is 10.5. The van der Waals surface area contributed by atoms with Crippen LogP contribution in [0.2, 0.25) is 0 Å². The molecule has 1 aliphatic carbocycles. The summed E-state index contributed by atoms with van der Waals surface area (Å²) in [4.78, 5) is 17.1. The van der Waals surface area contributed by atoms with Gasteiger partial charge in [0, 0.05) is 32.2 Å². The van der Waals surface area contributed by atoms with Gasteiger partial charge in [-0.3, -0.25) is 9.69 Å². The van der Waals surface area contributed by atoms with Crippen LogP contribution in [0.4, 0.5) is 0 Å². The summed E-state index contributed by atoms with van der Waals surface area (Å²) in [5, 5.41) is 1.72. The van der Waals surface area contributed by atoms with E-state index in [1.54, 1.807) is 17.5 Å². The molecule has 0 aromatic carbocycles. The van der Waals surface area contributed by atoms with Gasteiger partial charge in [0.25, 0.3) is 10.0 Å². The van der Waals surface area contributed by atoms with E-state index in [0.717, 1.165) is 43.3 Å². The van der Waals surface area contributed by atoms with Crippen molar-refractivity contribution in [2.75, 3.05) is 32.7 Å². The zero-order valence-corrected chi connectivity index (χ0v) is 15.9. The first-order valence-corrected chi connectivity index (χ1v) is 11.4. The summed E-state index contributed by atoms with van der Waals surface area (Å²) in [5.74, 6) is 1.28. The molecule has 6 nitrogen and oxygen atoms in total. The molecule has 8 heteroatoms. The zero-order chi connectivity index (χ0) is 17.4. The number of thiophene rings is 1. The van der Waals surface area contributed by atoms with Gasteiger partial charge in [-0.2, -0.15) is 0 Å². The lowest BCUT2D eigenvalue weighted by molar-refractivity contribution is -0.130. The second kappa shape index (κ2) is 6.98. The standard InChI is InChI=1S/C17H25N3O3S2/c21-16(8-18-25(22,23)17-2-1-7-24-17)20-11-14-5-6-15(12-20)19(10-14)9-13-3-4-13/h1-2,7,13-15,18H,3-6,8-12H2/t14-,15-/m1/s1. The average molecular weight is 384 g/mol. The van der Waals surface area contributed by atoms with Crippen LogP contribution in [0.1, 0.15) is 25.7 Å². The molecule has 1 aromatic rings. The fourth-order valence-corrected chi connectivity index (χ4v) is 6.01. The van der Waals surface area contributed by atoms with Crippen LogP contribution in [-0.2, 0) is 14.8 Å². The van der Waals surface area contributed by atoms with Gasteiger partial charge in [0.15, 0.2) is 0 Å². The molecule has 1 aromatic heterocycles. The van der Waals surface area contributed by atoms with E-state index in [0.29, 0.717) is 12.0 Å². The number of rotatable bonds is 6. The highest BCUT2D eigenvalue weighted by Gasteiger charge is 2.38. The number of nitrogens with zero attached hydrogens (tertiary/aromatic N) is 2. The first kappa shape index (κ1) is 17.5. The Bertz CT molecular complexity index is 716. The molecule has 138 valence electrons. The molecule has 4 fully saturated rings. The monoisotopic (exact) mass is 383 g/mol. The lowest BCUT2D eigenvalue weighted by Gasteiger charge is -2.36. The van der Waals surface area contributed by atoms with Crippen LogP contribution in [0, 0.1) is 11.8 Å². The number of nitrogens with one attached hydrogen (secondary N) is 1. The van der Waals surface area contributed by atoms with Crippen molar-refractivity contribution in [3.05, 3.63) is 17.5 Å². The molecule has 5 rings (SSSR count). The van der Waals surface area contributed by atoms with Gasteiger partial charge in [0.05, 0.1) is 6.54 Å². The molecular weight excluding hydrogens is 358 g/mol. The van der Waals surface area contributed by atoms with E-state index in [2.05, 4.69) is 9.62 Å². The topological polar surface area (TPSA) is 69.7 Å². The third kappa shape index (κ3) is 4.07. The van der Waals surface area contributed by atoms with Gasteiger partial charge < -0.3 is 4.90 Å². The first-order valence-electron chi connectivity index (χ1n) is 9.06. The highest BCUT2D eigenvalue weighted by molar-refractivity contribution is 7.91. The minimum atomic E-state index is -3.58. The van der Waals surface area contributed by atoms with E-state index in [9.17, 15) is 13.2 Å². The van der Waals surface area contributed by atoms with Crippen molar-refractivity contribution in [3.63, 3.8) is 0 Å². The molecule has 3 aliphatic heterocycles. The minimum absolute atomic E-state index is 0.106. The lowest BCUT2D eigenvalue weighted by atomic mass is 9.95.